The second-order valence-corrected chi connectivity index (χ2v) is 1.46. The van der Waals surface area contributed by atoms with Crippen molar-refractivity contribution in [2.75, 3.05) is 13.7 Å². The summed E-state index contributed by atoms with van der Waals surface area (Å²) in [5, 5.41) is 0. The van der Waals surface area contributed by atoms with Crippen molar-refractivity contribution in [3.63, 3.8) is 0 Å². The van der Waals surface area contributed by atoms with Crippen LogP contribution in [-0.4, -0.2) is 19.9 Å². The molecule has 0 aliphatic rings. The van der Waals surface area contributed by atoms with Gasteiger partial charge >= 0.3 is 0 Å². The number of ether oxygens (including phenoxy) is 1. The van der Waals surface area contributed by atoms with Crippen LogP contribution >= 0.6 is 0 Å². The average molecular weight is 106 g/mol. The highest BCUT2D eigenvalue weighted by Gasteiger charge is 1.98. The summed E-state index contributed by atoms with van der Waals surface area (Å²) >= 11 is 0. The van der Waals surface area contributed by atoms with Gasteiger partial charge < -0.3 is 4.74 Å². The van der Waals surface area contributed by atoms with Gasteiger partial charge in [-0.15, -0.1) is 0 Å². The minimum absolute atomic E-state index is 0.233. The van der Waals surface area contributed by atoms with E-state index in [-0.39, 0.29) is 6.61 Å². The maximum Gasteiger partial charge on any atom is 0.123 e. The molecule has 0 aliphatic carbocycles. The van der Waals surface area contributed by atoms with E-state index in [4.69, 9.17) is 0 Å². The molecule has 2 heteroatoms. The van der Waals surface area contributed by atoms with Crippen molar-refractivity contribution in [2.45, 2.75) is 19.5 Å². The fourth-order valence-electron chi connectivity index (χ4n) is 0.299. The van der Waals surface area contributed by atoms with E-state index in [1.165, 1.54) is 7.11 Å². The van der Waals surface area contributed by atoms with Gasteiger partial charge in [-0.1, -0.05) is 6.92 Å². The molecule has 0 aromatic rings. The maximum absolute atomic E-state index is 12.0. The van der Waals surface area contributed by atoms with E-state index in [2.05, 4.69) is 4.74 Å². The molecule has 1 atom stereocenters. The molecule has 1 unspecified atom stereocenters. The molecular formula is C5H11FO. The van der Waals surface area contributed by atoms with Crippen LogP contribution < -0.4 is 0 Å². The predicted molar refractivity (Wildman–Crippen MR) is 27.1 cm³/mol. The smallest absolute Gasteiger partial charge is 0.123 e. The van der Waals surface area contributed by atoms with Crippen LogP contribution in [0, 0.1) is 0 Å². The Balaban J connectivity index is 2.83. The van der Waals surface area contributed by atoms with Crippen LogP contribution in [0.4, 0.5) is 4.39 Å². The second-order valence-electron chi connectivity index (χ2n) is 1.46. The molecule has 1 nitrogen and oxygen atoms in total. The molecule has 0 aliphatic heterocycles. The van der Waals surface area contributed by atoms with Gasteiger partial charge in [0, 0.05) is 7.11 Å². The van der Waals surface area contributed by atoms with Crippen molar-refractivity contribution in [3.05, 3.63) is 0 Å². The van der Waals surface area contributed by atoms with E-state index in [9.17, 15) is 4.39 Å². The molecule has 0 rings (SSSR count). The van der Waals surface area contributed by atoms with Crippen LogP contribution in [-0.2, 0) is 4.74 Å². The minimum atomic E-state index is -0.773. The van der Waals surface area contributed by atoms with Gasteiger partial charge in [-0.25, -0.2) is 4.39 Å². The first-order chi connectivity index (χ1) is 3.31. The van der Waals surface area contributed by atoms with E-state index in [0.717, 1.165) is 0 Å². The molecule has 0 aromatic carbocycles. The third-order valence-electron chi connectivity index (χ3n) is 0.790. The van der Waals surface area contributed by atoms with Crippen LogP contribution in [0.15, 0.2) is 0 Å². The molecular weight excluding hydrogens is 95.1 g/mol. The first-order valence-electron chi connectivity index (χ1n) is 2.44. The largest absolute Gasteiger partial charge is 0.382 e. The predicted octanol–water partition coefficient (Wildman–Crippen LogP) is 1.38. The van der Waals surface area contributed by atoms with Crippen molar-refractivity contribution >= 4 is 0 Å². The third-order valence-corrected chi connectivity index (χ3v) is 0.790. The quantitative estimate of drug-likeness (QED) is 0.528. The Hall–Kier alpha value is -0.110. The topological polar surface area (TPSA) is 9.23 Å². The highest BCUT2D eigenvalue weighted by atomic mass is 19.1. The lowest BCUT2D eigenvalue weighted by molar-refractivity contribution is 0.122. The van der Waals surface area contributed by atoms with E-state index >= 15 is 0 Å². The number of halogens is 1. The second kappa shape index (κ2) is 4.06. The van der Waals surface area contributed by atoms with Gasteiger partial charge in [0.25, 0.3) is 0 Å². The van der Waals surface area contributed by atoms with Gasteiger partial charge in [-0.05, 0) is 6.42 Å². The standard InChI is InChI=1S/C5H11FO/c1-3-5(6)4-7-2/h5H,3-4H2,1-2H3. The van der Waals surface area contributed by atoms with Crippen LogP contribution in [0.5, 0.6) is 0 Å². The van der Waals surface area contributed by atoms with E-state index in [1.54, 1.807) is 6.92 Å². The Morgan fingerprint density at radius 2 is 2.29 bits per heavy atom. The zero-order valence-electron chi connectivity index (χ0n) is 4.78. The minimum Gasteiger partial charge on any atom is -0.382 e. The molecule has 44 valence electrons. The van der Waals surface area contributed by atoms with Crippen LogP contribution in [0.1, 0.15) is 13.3 Å². The van der Waals surface area contributed by atoms with Crippen molar-refractivity contribution in [3.8, 4) is 0 Å². The zero-order chi connectivity index (χ0) is 5.70. The van der Waals surface area contributed by atoms with Gasteiger partial charge in [-0.3, -0.25) is 0 Å². The molecule has 0 N–H and O–H groups in total. The summed E-state index contributed by atoms with van der Waals surface area (Å²) < 4.78 is 16.5. The monoisotopic (exact) mass is 106 g/mol. The SMILES string of the molecule is CCC(F)COC. The normalized spacial score (nSPS) is 14.1. The highest BCUT2D eigenvalue weighted by molar-refractivity contribution is 4.46. The molecule has 0 heterocycles. The number of hydrogen-bond donors (Lipinski definition) is 0. The number of rotatable bonds is 3. The summed E-state index contributed by atoms with van der Waals surface area (Å²) in [6.07, 6.45) is -0.224. The van der Waals surface area contributed by atoms with Gasteiger partial charge in [0.2, 0.25) is 0 Å². The molecule has 0 spiro atoms. The molecule has 7 heavy (non-hydrogen) atoms. The summed E-state index contributed by atoms with van der Waals surface area (Å²) in [5.74, 6) is 0. The number of alkyl halides is 1. The van der Waals surface area contributed by atoms with Crippen LogP contribution in [0.25, 0.3) is 0 Å². The molecule has 0 saturated heterocycles. The fourth-order valence-corrected chi connectivity index (χ4v) is 0.299. The van der Waals surface area contributed by atoms with Gasteiger partial charge in [-0.2, -0.15) is 0 Å². The summed E-state index contributed by atoms with van der Waals surface area (Å²) in [5.41, 5.74) is 0. The molecule has 0 saturated carbocycles. The van der Waals surface area contributed by atoms with Crippen LogP contribution in [0.3, 0.4) is 0 Å². The Morgan fingerprint density at radius 1 is 1.71 bits per heavy atom. The average Bonchev–Trinajstić information content (AvgIpc) is 1.68. The molecule has 0 radical (unpaired) electrons. The molecule has 0 fully saturated rings. The lowest BCUT2D eigenvalue weighted by atomic mass is 10.3. The van der Waals surface area contributed by atoms with Crippen molar-refractivity contribution in [2.24, 2.45) is 0 Å². The third kappa shape index (κ3) is 3.73. The van der Waals surface area contributed by atoms with E-state index < -0.39 is 6.17 Å². The molecule has 0 aromatic heterocycles. The van der Waals surface area contributed by atoms with Gasteiger partial charge in [0.1, 0.15) is 6.17 Å². The van der Waals surface area contributed by atoms with E-state index in [0.29, 0.717) is 6.42 Å². The molecule has 0 amide bonds. The Kier molecular flexibility index (Phi) is 4.00. The Bertz CT molecular complexity index is 39.1. The first kappa shape index (κ1) is 6.89. The summed E-state index contributed by atoms with van der Waals surface area (Å²) in [6.45, 7) is 2.03. The number of hydrogen-bond acceptors (Lipinski definition) is 1. The summed E-state index contributed by atoms with van der Waals surface area (Å²) in [6, 6.07) is 0. The van der Waals surface area contributed by atoms with Crippen molar-refractivity contribution in [1.82, 2.24) is 0 Å². The van der Waals surface area contributed by atoms with Crippen LogP contribution in [0.2, 0.25) is 0 Å². The zero-order valence-corrected chi connectivity index (χ0v) is 4.78. The Morgan fingerprint density at radius 3 is 2.43 bits per heavy atom. The van der Waals surface area contributed by atoms with Gasteiger partial charge in [0.05, 0.1) is 6.61 Å². The maximum atomic E-state index is 12.0. The summed E-state index contributed by atoms with van der Waals surface area (Å²) in [4.78, 5) is 0. The fraction of sp³-hybridized carbons (Fsp3) is 1.00. The van der Waals surface area contributed by atoms with Crippen molar-refractivity contribution < 1.29 is 9.13 Å². The van der Waals surface area contributed by atoms with E-state index in [1.807, 2.05) is 0 Å². The summed E-state index contributed by atoms with van der Waals surface area (Å²) in [7, 11) is 1.50. The lowest BCUT2D eigenvalue weighted by Crippen LogP contribution is -2.05. The number of methoxy groups -OCH3 is 1. The highest BCUT2D eigenvalue weighted by Crippen LogP contribution is 1.94. The Labute approximate surface area is 43.5 Å². The lowest BCUT2D eigenvalue weighted by Gasteiger charge is -1.99. The van der Waals surface area contributed by atoms with Gasteiger partial charge in [0.15, 0.2) is 0 Å². The molecule has 0 bridgehead atoms. The first-order valence-corrected chi connectivity index (χ1v) is 2.44. The van der Waals surface area contributed by atoms with Crippen molar-refractivity contribution in [1.29, 1.82) is 0 Å².